The minimum atomic E-state index is -0.739. The zero-order valence-corrected chi connectivity index (χ0v) is 10.6. The summed E-state index contributed by atoms with van der Waals surface area (Å²) in [5.74, 6) is -1.43. The van der Waals surface area contributed by atoms with E-state index in [1.807, 2.05) is 13.8 Å². The van der Waals surface area contributed by atoms with Crippen LogP contribution in [0.3, 0.4) is 0 Å². The first-order chi connectivity index (χ1) is 8.15. The molecule has 0 unspecified atom stereocenters. The van der Waals surface area contributed by atoms with Crippen LogP contribution in [0.15, 0.2) is 17.8 Å². The maximum absolute atomic E-state index is 11.3. The summed E-state index contributed by atoms with van der Waals surface area (Å²) in [6.45, 7) is 7.80. The average Bonchev–Trinajstić information content (AvgIpc) is 2.33. The number of amides is 2. The molecule has 0 aromatic heterocycles. The molecule has 17 heavy (non-hydrogen) atoms. The summed E-state index contributed by atoms with van der Waals surface area (Å²) in [5.41, 5.74) is 3.18. The van der Waals surface area contributed by atoms with Crippen LogP contribution < -0.4 is 10.7 Å². The van der Waals surface area contributed by atoms with E-state index in [4.69, 9.17) is 0 Å². The van der Waals surface area contributed by atoms with Gasteiger partial charge in [-0.3, -0.25) is 9.59 Å². The van der Waals surface area contributed by atoms with Gasteiger partial charge in [0.05, 0.1) is 0 Å². The van der Waals surface area contributed by atoms with Gasteiger partial charge < -0.3 is 5.32 Å². The third kappa shape index (κ3) is 7.27. The summed E-state index contributed by atoms with van der Waals surface area (Å²) in [4.78, 5) is 22.5. The van der Waals surface area contributed by atoms with Gasteiger partial charge in [-0.2, -0.15) is 5.10 Å². The highest BCUT2D eigenvalue weighted by Crippen LogP contribution is 1.99. The van der Waals surface area contributed by atoms with Crippen molar-refractivity contribution in [1.82, 2.24) is 10.7 Å². The minimum Gasteiger partial charge on any atom is -0.344 e. The van der Waals surface area contributed by atoms with Gasteiger partial charge in [-0.25, -0.2) is 5.43 Å². The van der Waals surface area contributed by atoms with Crippen molar-refractivity contribution in [3.8, 4) is 0 Å². The van der Waals surface area contributed by atoms with Crippen molar-refractivity contribution in [3.63, 3.8) is 0 Å². The maximum Gasteiger partial charge on any atom is 0.329 e. The fourth-order valence-corrected chi connectivity index (χ4v) is 1.24. The molecule has 5 nitrogen and oxygen atoms in total. The van der Waals surface area contributed by atoms with Crippen molar-refractivity contribution in [2.45, 2.75) is 39.5 Å². The molecule has 0 bridgehead atoms. The number of carbonyl (C=O) groups is 2. The Labute approximate surface area is 102 Å². The lowest BCUT2D eigenvalue weighted by Gasteiger charge is -2.04. The Kier molecular flexibility index (Phi) is 8.64. The lowest BCUT2D eigenvalue weighted by atomic mass is 10.1. The monoisotopic (exact) mass is 239 g/mol. The first-order valence-electron chi connectivity index (χ1n) is 5.90. The topological polar surface area (TPSA) is 70.6 Å². The van der Waals surface area contributed by atoms with Gasteiger partial charge in [-0.05, 0) is 12.8 Å². The summed E-state index contributed by atoms with van der Waals surface area (Å²) in [6.07, 6.45) is 5.12. The highest BCUT2D eigenvalue weighted by Gasteiger charge is 2.11. The molecule has 2 N–H and O–H groups in total. The number of rotatable bonds is 7. The van der Waals surface area contributed by atoms with Crippen LogP contribution in [0.2, 0.25) is 0 Å². The molecule has 0 saturated heterocycles. The molecular weight excluding hydrogens is 218 g/mol. The molecule has 0 rings (SSSR count). The van der Waals surface area contributed by atoms with E-state index in [-0.39, 0.29) is 6.54 Å². The van der Waals surface area contributed by atoms with Crippen molar-refractivity contribution in [2.75, 3.05) is 6.54 Å². The van der Waals surface area contributed by atoms with Gasteiger partial charge in [0.1, 0.15) is 0 Å². The molecule has 0 aromatic rings. The Morgan fingerprint density at radius 2 is 1.76 bits per heavy atom. The Balaban J connectivity index is 4.20. The van der Waals surface area contributed by atoms with Crippen LogP contribution in [-0.2, 0) is 9.59 Å². The zero-order chi connectivity index (χ0) is 13.1. The quantitative estimate of drug-likeness (QED) is 0.305. The van der Waals surface area contributed by atoms with E-state index in [1.54, 1.807) is 0 Å². The molecule has 0 aliphatic carbocycles. The van der Waals surface area contributed by atoms with Crippen LogP contribution in [-0.4, -0.2) is 24.1 Å². The molecule has 0 aromatic carbocycles. The molecule has 0 atom stereocenters. The van der Waals surface area contributed by atoms with Gasteiger partial charge in [0.25, 0.3) is 0 Å². The normalized spacial score (nSPS) is 9.29. The Hall–Kier alpha value is -1.65. The standard InChI is InChI=1S/C12H21N3O2/c1-4-7-10(8-5-2)14-15-12(17)11(16)13-9-6-3/h6H,3-5,7-9H2,1-2H3,(H,13,16)(H,15,17). The van der Waals surface area contributed by atoms with Gasteiger partial charge >= 0.3 is 11.8 Å². The first-order valence-corrected chi connectivity index (χ1v) is 5.90. The van der Waals surface area contributed by atoms with E-state index in [2.05, 4.69) is 22.4 Å². The summed E-state index contributed by atoms with van der Waals surface area (Å²) >= 11 is 0. The van der Waals surface area contributed by atoms with Crippen molar-refractivity contribution in [1.29, 1.82) is 0 Å². The third-order valence-corrected chi connectivity index (χ3v) is 2.01. The molecule has 0 aliphatic heterocycles. The molecule has 0 spiro atoms. The second kappa shape index (κ2) is 9.57. The van der Waals surface area contributed by atoms with Crippen LogP contribution in [0.25, 0.3) is 0 Å². The van der Waals surface area contributed by atoms with Crippen LogP contribution in [0, 0.1) is 0 Å². The van der Waals surface area contributed by atoms with Crippen molar-refractivity contribution >= 4 is 17.5 Å². The van der Waals surface area contributed by atoms with Gasteiger partial charge in [0, 0.05) is 12.3 Å². The molecule has 0 aliphatic rings. The van der Waals surface area contributed by atoms with Gasteiger partial charge in [0.2, 0.25) is 0 Å². The van der Waals surface area contributed by atoms with E-state index >= 15 is 0 Å². The zero-order valence-electron chi connectivity index (χ0n) is 10.6. The van der Waals surface area contributed by atoms with E-state index in [1.165, 1.54) is 6.08 Å². The molecule has 0 heterocycles. The smallest absolute Gasteiger partial charge is 0.329 e. The van der Waals surface area contributed by atoms with E-state index in [0.717, 1.165) is 31.4 Å². The Morgan fingerprint density at radius 1 is 1.18 bits per heavy atom. The molecule has 2 amide bonds. The average molecular weight is 239 g/mol. The van der Waals surface area contributed by atoms with Crippen LogP contribution in [0.4, 0.5) is 0 Å². The number of carbonyl (C=O) groups excluding carboxylic acids is 2. The van der Waals surface area contributed by atoms with Gasteiger partial charge in [0.15, 0.2) is 0 Å². The second-order valence-electron chi connectivity index (χ2n) is 3.62. The highest BCUT2D eigenvalue weighted by molar-refractivity contribution is 6.35. The summed E-state index contributed by atoms with van der Waals surface area (Å²) < 4.78 is 0. The van der Waals surface area contributed by atoms with Crippen LogP contribution in [0.5, 0.6) is 0 Å². The molecule has 5 heteroatoms. The molecule has 0 radical (unpaired) electrons. The number of hydrogen-bond donors (Lipinski definition) is 2. The van der Waals surface area contributed by atoms with Crippen LogP contribution in [0.1, 0.15) is 39.5 Å². The first kappa shape index (κ1) is 15.3. The predicted octanol–water partition coefficient (Wildman–Crippen LogP) is 1.36. The third-order valence-electron chi connectivity index (χ3n) is 2.01. The summed E-state index contributed by atoms with van der Waals surface area (Å²) in [6, 6.07) is 0. The second-order valence-corrected chi connectivity index (χ2v) is 3.62. The molecular formula is C12H21N3O2. The molecule has 0 fully saturated rings. The van der Waals surface area contributed by atoms with Crippen molar-refractivity contribution in [2.24, 2.45) is 5.10 Å². The summed E-state index contributed by atoms with van der Waals surface area (Å²) in [5, 5.41) is 6.34. The predicted molar refractivity (Wildman–Crippen MR) is 68.6 cm³/mol. The Bertz CT molecular complexity index is 290. The molecule has 96 valence electrons. The number of hydrogen-bond acceptors (Lipinski definition) is 3. The van der Waals surface area contributed by atoms with E-state index in [9.17, 15) is 9.59 Å². The van der Waals surface area contributed by atoms with E-state index in [0.29, 0.717) is 0 Å². The maximum atomic E-state index is 11.3. The SMILES string of the molecule is C=CCNC(=O)C(=O)NN=C(CCC)CCC. The largest absolute Gasteiger partial charge is 0.344 e. The van der Waals surface area contributed by atoms with Gasteiger partial charge in [-0.15, -0.1) is 6.58 Å². The highest BCUT2D eigenvalue weighted by atomic mass is 16.2. The lowest BCUT2D eigenvalue weighted by Crippen LogP contribution is -2.38. The number of hydrazone groups is 1. The lowest BCUT2D eigenvalue weighted by molar-refractivity contribution is -0.139. The fraction of sp³-hybridized carbons (Fsp3) is 0.583. The summed E-state index contributed by atoms with van der Waals surface area (Å²) in [7, 11) is 0. The van der Waals surface area contributed by atoms with Crippen LogP contribution >= 0.6 is 0 Å². The molecule has 0 saturated carbocycles. The number of nitrogens with zero attached hydrogens (tertiary/aromatic N) is 1. The van der Waals surface area contributed by atoms with Crippen molar-refractivity contribution < 1.29 is 9.59 Å². The number of nitrogens with one attached hydrogen (secondary N) is 2. The Morgan fingerprint density at radius 3 is 2.24 bits per heavy atom. The van der Waals surface area contributed by atoms with Gasteiger partial charge in [-0.1, -0.05) is 32.8 Å². The van der Waals surface area contributed by atoms with E-state index < -0.39 is 11.8 Å². The fourth-order valence-electron chi connectivity index (χ4n) is 1.24. The minimum absolute atomic E-state index is 0.271. The van der Waals surface area contributed by atoms with Crippen molar-refractivity contribution in [3.05, 3.63) is 12.7 Å².